The number of aromatic nitrogens is 5. The van der Waals surface area contributed by atoms with E-state index in [2.05, 4.69) is 26.0 Å². The summed E-state index contributed by atoms with van der Waals surface area (Å²) in [5.41, 5.74) is 3.91. The lowest BCUT2D eigenvalue weighted by Crippen LogP contribution is -2.23. The van der Waals surface area contributed by atoms with E-state index in [1.54, 1.807) is 0 Å². The van der Waals surface area contributed by atoms with Crippen LogP contribution in [0.4, 0.5) is 0 Å². The monoisotopic (exact) mass is 583 g/mol. The molecule has 6 aromatic rings. The van der Waals surface area contributed by atoms with E-state index in [0.29, 0.717) is 40.0 Å². The van der Waals surface area contributed by atoms with E-state index < -0.39 is 0 Å². The summed E-state index contributed by atoms with van der Waals surface area (Å²) in [6, 6.07) is 23.3. The molecule has 0 saturated heterocycles. The summed E-state index contributed by atoms with van der Waals surface area (Å²) in [6.45, 7) is 1.02. The summed E-state index contributed by atoms with van der Waals surface area (Å²) in [5, 5.41) is 9.35. The highest BCUT2D eigenvalue weighted by atomic mass is 79.9. The Labute approximate surface area is 228 Å². The van der Waals surface area contributed by atoms with Crippen molar-refractivity contribution in [3.63, 3.8) is 0 Å². The molecule has 0 bridgehead atoms. The summed E-state index contributed by atoms with van der Waals surface area (Å²) < 4.78 is 16.1. The minimum Gasteiger partial charge on any atom is -0.486 e. The Bertz CT molecular complexity index is 1910. The molecule has 1 aliphatic rings. The minimum atomic E-state index is -0.221. The molecule has 8 nitrogen and oxygen atoms in total. The van der Waals surface area contributed by atoms with Crippen LogP contribution in [0.25, 0.3) is 39.4 Å². The second-order valence-electron chi connectivity index (χ2n) is 8.62. The van der Waals surface area contributed by atoms with E-state index in [1.807, 2.05) is 89.8 Å². The van der Waals surface area contributed by atoms with Gasteiger partial charge >= 0.3 is 0 Å². The number of hydrogen-bond acceptors (Lipinski definition) is 7. The van der Waals surface area contributed by atoms with Gasteiger partial charge in [-0.25, -0.2) is 4.68 Å². The van der Waals surface area contributed by atoms with Gasteiger partial charge in [0.2, 0.25) is 4.96 Å². The van der Waals surface area contributed by atoms with Gasteiger partial charge in [0.15, 0.2) is 17.3 Å². The second-order valence-corrected chi connectivity index (χ2v) is 10.5. The normalized spacial score (nSPS) is 13.3. The zero-order valence-corrected chi connectivity index (χ0v) is 22.1. The molecule has 1 aliphatic heterocycles. The molecule has 0 unspecified atom stereocenters. The van der Waals surface area contributed by atoms with Crippen molar-refractivity contribution in [1.82, 2.24) is 24.4 Å². The van der Waals surface area contributed by atoms with E-state index in [1.165, 1.54) is 15.9 Å². The van der Waals surface area contributed by atoms with Gasteiger partial charge in [0.25, 0.3) is 5.56 Å². The van der Waals surface area contributed by atoms with Gasteiger partial charge in [-0.3, -0.25) is 4.79 Å². The number of hydrogen-bond donors (Lipinski definition) is 0. The molecule has 0 amide bonds. The van der Waals surface area contributed by atoms with Gasteiger partial charge in [-0.05, 0) is 48.5 Å². The predicted molar refractivity (Wildman–Crippen MR) is 149 cm³/mol. The molecule has 38 heavy (non-hydrogen) atoms. The maximum absolute atomic E-state index is 13.3. The zero-order valence-electron chi connectivity index (χ0n) is 19.7. The number of thiazole rings is 1. The van der Waals surface area contributed by atoms with Gasteiger partial charge in [0, 0.05) is 27.4 Å². The number of nitrogens with zero attached hydrogens (tertiary/aromatic N) is 5. The van der Waals surface area contributed by atoms with Crippen molar-refractivity contribution in [3.8, 4) is 39.8 Å². The first-order valence-corrected chi connectivity index (χ1v) is 13.5. The zero-order chi connectivity index (χ0) is 25.6. The van der Waals surface area contributed by atoms with E-state index in [-0.39, 0.29) is 5.56 Å². The minimum absolute atomic E-state index is 0.221. The Morgan fingerprint density at radius 2 is 1.66 bits per heavy atom. The Balaban J connectivity index is 1.35. The number of benzene rings is 3. The van der Waals surface area contributed by atoms with Gasteiger partial charge in [0.1, 0.15) is 18.9 Å². The number of para-hydroxylation sites is 1. The molecule has 186 valence electrons. The number of fused-ring (bicyclic) bond motifs is 2. The highest BCUT2D eigenvalue weighted by molar-refractivity contribution is 9.10. The van der Waals surface area contributed by atoms with Crippen molar-refractivity contribution >= 4 is 38.3 Å². The van der Waals surface area contributed by atoms with Crippen LogP contribution in [0.2, 0.25) is 0 Å². The number of rotatable bonds is 4. The largest absolute Gasteiger partial charge is 0.486 e. The summed E-state index contributed by atoms with van der Waals surface area (Å²) in [5.74, 6) is 1.90. The molecule has 7 rings (SSSR count). The number of halogens is 1. The Morgan fingerprint density at radius 3 is 2.45 bits per heavy atom. The lowest BCUT2D eigenvalue weighted by Gasteiger charge is -2.18. The highest BCUT2D eigenvalue weighted by Gasteiger charge is 2.18. The van der Waals surface area contributed by atoms with Crippen LogP contribution < -0.4 is 19.6 Å². The summed E-state index contributed by atoms with van der Waals surface area (Å²) in [6.07, 6.45) is 3.77. The van der Waals surface area contributed by atoms with Gasteiger partial charge < -0.3 is 9.47 Å². The number of ether oxygens (including phenoxy) is 2. The van der Waals surface area contributed by atoms with Crippen molar-refractivity contribution in [1.29, 1.82) is 0 Å². The van der Waals surface area contributed by atoms with E-state index in [0.717, 1.165) is 32.5 Å². The molecule has 0 fully saturated rings. The van der Waals surface area contributed by atoms with Crippen molar-refractivity contribution in [2.45, 2.75) is 0 Å². The fourth-order valence-electron chi connectivity index (χ4n) is 4.32. The van der Waals surface area contributed by atoms with Crippen LogP contribution in [0.5, 0.6) is 11.5 Å². The first kappa shape index (κ1) is 22.9. The lowest BCUT2D eigenvalue weighted by molar-refractivity contribution is 0.171. The molecule has 0 radical (unpaired) electrons. The SMILES string of the molecule is O=c1c(=Cc2cn(-c3ccccc3)nc2-c2ccc3c(c2)OCCO3)sc2nc(-c3ccc(Br)cc3)nn12. The van der Waals surface area contributed by atoms with Crippen molar-refractivity contribution in [3.05, 3.63) is 104 Å². The first-order chi connectivity index (χ1) is 18.6. The molecule has 0 saturated carbocycles. The van der Waals surface area contributed by atoms with Crippen molar-refractivity contribution < 1.29 is 9.47 Å². The van der Waals surface area contributed by atoms with Crippen LogP contribution in [0, 0.1) is 0 Å². The van der Waals surface area contributed by atoms with E-state index >= 15 is 0 Å². The topological polar surface area (TPSA) is 83.5 Å². The molecule has 4 heterocycles. The predicted octanol–water partition coefficient (Wildman–Crippen LogP) is 4.75. The molecule has 0 aliphatic carbocycles. The third kappa shape index (κ3) is 4.07. The average molecular weight is 584 g/mol. The van der Waals surface area contributed by atoms with Crippen LogP contribution in [0.15, 0.2) is 88.3 Å². The summed E-state index contributed by atoms with van der Waals surface area (Å²) in [7, 11) is 0. The highest BCUT2D eigenvalue weighted by Crippen LogP contribution is 2.35. The molecular formula is C28H18BrN5O3S. The molecule has 3 aromatic carbocycles. The van der Waals surface area contributed by atoms with Gasteiger partial charge in [-0.2, -0.15) is 14.6 Å². The third-order valence-corrected chi connectivity index (χ3v) is 7.64. The van der Waals surface area contributed by atoms with Crippen molar-refractivity contribution in [2.75, 3.05) is 13.2 Å². The van der Waals surface area contributed by atoms with Gasteiger partial charge in [0.05, 0.1) is 10.2 Å². The molecular weight excluding hydrogens is 566 g/mol. The Kier molecular flexibility index (Phi) is 5.56. The maximum Gasteiger partial charge on any atom is 0.291 e. The Morgan fingerprint density at radius 1 is 0.895 bits per heavy atom. The van der Waals surface area contributed by atoms with Crippen LogP contribution in [0.1, 0.15) is 5.56 Å². The first-order valence-electron chi connectivity index (χ1n) is 11.8. The smallest absolute Gasteiger partial charge is 0.291 e. The van der Waals surface area contributed by atoms with Crippen molar-refractivity contribution in [2.24, 2.45) is 0 Å². The maximum atomic E-state index is 13.3. The van der Waals surface area contributed by atoms with E-state index in [4.69, 9.17) is 14.6 Å². The van der Waals surface area contributed by atoms with Crippen LogP contribution >= 0.6 is 27.3 Å². The summed E-state index contributed by atoms with van der Waals surface area (Å²) in [4.78, 5) is 18.5. The lowest BCUT2D eigenvalue weighted by atomic mass is 10.1. The van der Waals surface area contributed by atoms with Gasteiger partial charge in [-0.1, -0.05) is 57.6 Å². The van der Waals surface area contributed by atoms with Crippen LogP contribution in [-0.4, -0.2) is 37.6 Å². The molecule has 0 N–H and O–H groups in total. The Hall–Kier alpha value is -4.28. The second kappa shape index (κ2) is 9.23. The fourth-order valence-corrected chi connectivity index (χ4v) is 5.48. The molecule has 3 aromatic heterocycles. The van der Waals surface area contributed by atoms with Gasteiger partial charge in [-0.15, -0.1) is 5.10 Å². The standard InChI is InChI=1S/C28H18BrN5O3S/c29-20-9-6-17(7-10-20)26-30-28-34(32-26)27(35)24(38-28)15-19-16-33(21-4-2-1-3-5-21)31-25(19)18-8-11-22-23(14-18)37-13-12-36-22/h1-11,14-16H,12-13H2. The molecule has 0 spiro atoms. The van der Waals surface area contributed by atoms with E-state index in [9.17, 15) is 4.79 Å². The molecule has 0 atom stereocenters. The van der Waals surface area contributed by atoms with Crippen LogP contribution in [-0.2, 0) is 0 Å². The molecule has 10 heteroatoms. The summed E-state index contributed by atoms with van der Waals surface area (Å²) >= 11 is 4.74. The fraction of sp³-hybridized carbons (Fsp3) is 0.0714. The van der Waals surface area contributed by atoms with Crippen LogP contribution in [0.3, 0.4) is 0 Å². The average Bonchev–Trinajstić information content (AvgIpc) is 3.64. The quantitative estimate of drug-likeness (QED) is 0.298. The third-order valence-electron chi connectivity index (χ3n) is 6.15.